The summed E-state index contributed by atoms with van der Waals surface area (Å²) >= 11 is 0. The molecule has 1 aromatic carbocycles. The Balaban J connectivity index is 0.00000481. The third kappa shape index (κ3) is 9.20. The van der Waals surface area contributed by atoms with Crippen molar-refractivity contribution in [1.82, 2.24) is 24.1 Å². The number of nitrogens with zero attached hydrogens (tertiary/aromatic N) is 4. The molecule has 12 heteroatoms. The number of hydrogen-bond acceptors (Lipinski definition) is 4. The van der Waals surface area contributed by atoms with E-state index in [0.29, 0.717) is 32.6 Å². The van der Waals surface area contributed by atoms with Crippen LogP contribution in [0.4, 0.5) is 13.2 Å². The van der Waals surface area contributed by atoms with Gasteiger partial charge < -0.3 is 15.4 Å². The summed E-state index contributed by atoms with van der Waals surface area (Å²) in [6.07, 6.45) is 5.76. The SMILES string of the molecule is CCCCCCN1CCN(S(C)=O)C(C(=O)NCCc2cncn2Cc2ccc(C(F)(F)F)cc2)C1.O. The maximum Gasteiger partial charge on any atom is 0.416 e. The Kier molecular flexibility index (Phi) is 12.2. The third-order valence-electron chi connectivity index (χ3n) is 6.49. The summed E-state index contributed by atoms with van der Waals surface area (Å²) in [6, 6.07) is 4.61. The molecule has 0 aliphatic carbocycles. The molecule has 1 fully saturated rings. The first kappa shape index (κ1) is 30.9. The van der Waals surface area contributed by atoms with E-state index in [9.17, 15) is 22.2 Å². The number of alkyl halides is 3. The van der Waals surface area contributed by atoms with Crippen molar-refractivity contribution in [2.45, 2.75) is 57.8 Å². The number of carbonyl (C=O) groups excluding carboxylic acids is 1. The molecule has 1 aliphatic heterocycles. The molecule has 0 saturated carbocycles. The molecule has 208 valence electrons. The molecule has 1 aromatic heterocycles. The average molecular weight is 546 g/mol. The highest BCUT2D eigenvalue weighted by Crippen LogP contribution is 2.29. The van der Waals surface area contributed by atoms with Crippen LogP contribution in [0.25, 0.3) is 0 Å². The van der Waals surface area contributed by atoms with E-state index in [4.69, 9.17) is 0 Å². The van der Waals surface area contributed by atoms with Crippen LogP contribution in [0, 0.1) is 0 Å². The van der Waals surface area contributed by atoms with E-state index >= 15 is 0 Å². The molecule has 1 amide bonds. The Morgan fingerprint density at radius 1 is 1.16 bits per heavy atom. The molecule has 0 radical (unpaired) electrons. The zero-order valence-electron chi connectivity index (χ0n) is 21.5. The van der Waals surface area contributed by atoms with Gasteiger partial charge in [0.2, 0.25) is 5.91 Å². The van der Waals surface area contributed by atoms with Gasteiger partial charge in [0.1, 0.15) is 6.04 Å². The first-order chi connectivity index (χ1) is 17.2. The van der Waals surface area contributed by atoms with E-state index in [-0.39, 0.29) is 11.4 Å². The predicted molar refractivity (Wildman–Crippen MR) is 138 cm³/mol. The summed E-state index contributed by atoms with van der Waals surface area (Å²) in [5.41, 5.74) is 0.921. The highest BCUT2D eigenvalue weighted by Gasteiger charge is 2.34. The Labute approximate surface area is 219 Å². The molecular formula is C25H38F3N5O3S. The molecule has 1 aliphatic rings. The van der Waals surface area contributed by atoms with Gasteiger partial charge in [-0.15, -0.1) is 0 Å². The molecular weight excluding hydrogens is 507 g/mol. The first-order valence-electron chi connectivity index (χ1n) is 12.4. The maximum absolute atomic E-state index is 13.0. The second kappa shape index (κ2) is 14.6. The van der Waals surface area contributed by atoms with Gasteiger partial charge in [0.15, 0.2) is 0 Å². The standard InChI is InChI=1S/C25H36F3N5O2S.H2O/c1-3-4-5-6-13-31-14-15-33(36(2)35)23(18-31)24(34)30-12-11-22-16-29-19-32(22)17-20-7-9-21(10-8-20)25(26,27)28;/h7-10,16,19,23H,3-6,11-15,17-18H2,1-2H3,(H,30,34);1H2. The van der Waals surface area contributed by atoms with E-state index in [1.165, 1.54) is 31.4 Å². The van der Waals surface area contributed by atoms with Gasteiger partial charge in [0.25, 0.3) is 0 Å². The number of hydrogen-bond donors (Lipinski definition) is 1. The van der Waals surface area contributed by atoms with Crippen LogP contribution >= 0.6 is 0 Å². The van der Waals surface area contributed by atoms with Crippen molar-refractivity contribution in [3.05, 3.63) is 53.6 Å². The van der Waals surface area contributed by atoms with E-state index in [1.807, 2.05) is 4.57 Å². The van der Waals surface area contributed by atoms with Crippen LogP contribution in [0.15, 0.2) is 36.8 Å². The van der Waals surface area contributed by atoms with Crippen molar-refractivity contribution in [1.29, 1.82) is 0 Å². The number of imidazole rings is 1. The number of amides is 1. The number of unbranched alkanes of at least 4 members (excludes halogenated alkanes) is 3. The lowest BCUT2D eigenvalue weighted by molar-refractivity contribution is -0.137. The van der Waals surface area contributed by atoms with Crippen LogP contribution in [-0.2, 0) is 34.9 Å². The van der Waals surface area contributed by atoms with Crippen LogP contribution in [0.1, 0.15) is 49.4 Å². The van der Waals surface area contributed by atoms with Gasteiger partial charge in [-0.2, -0.15) is 13.2 Å². The summed E-state index contributed by atoms with van der Waals surface area (Å²) < 4.78 is 54.3. The molecule has 0 spiro atoms. The van der Waals surface area contributed by atoms with Gasteiger partial charge in [-0.3, -0.25) is 9.69 Å². The van der Waals surface area contributed by atoms with Crippen LogP contribution in [0.3, 0.4) is 0 Å². The van der Waals surface area contributed by atoms with Crippen molar-refractivity contribution >= 4 is 16.9 Å². The third-order valence-corrected chi connectivity index (χ3v) is 7.59. The van der Waals surface area contributed by atoms with E-state index in [0.717, 1.165) is 42.9 Å². The molecule has 2 heterocycles. The van der Waals surface area contributed by atoms with Crippen molar-refractivity contribution in [2.75, 3.05) is 39.0 Å². The highest BCUT2D eigenvalue weighted by molar-refractivity contribution is 7.81. The number of halogens is 3. The molecule has 3 N–H and O–H groups in total. The van der Waals surface area contributed by atoms with Crippen LogP contribution in [-0.4, -0.2) is 79.4 Å². The van der Waals surface area contributed by atoms with E-state index < -0.39 is 28.8 Å². The molecule has 2 unspecified atom stereocenters. The van der Waals surface area contributed by atoms with Gasteiger partial charge >= 0.3 is 6.18 Å². The normalized spacial score (nSPS) is 17.8. The smallest absolute Gasteiger partial charge is 0.412 e. The lowest BCUT2D eigenvalue weighted by Crippen LogP contribution is -2.59. The fourth-order valence-corrected chi connectivity index (χ4v) is 5.30. The number of carbonyl (C=O) groups is 1. The largest absolute Gasteiger partial charge is 0.416 e. The second-order valence-electron chi connectivity index (χ2n) is 9.19. The Bertz CT molecular complexity index is 1000. The number of rotatable bonds is 12. The zero-order chi connectivity index (χ0) is 26.1. The minimum absolute atomic E-state index is 0. The van der Waals surface area contributed by atoms with Crippen molar-refractivity contribution in [3.8, 4) is 0 Å². The van der Waals surface area contributed by atoms with Crippen LogP contribution in [0.2, 0.25) is 0 Å². The second-order valence-corrected chi connectivity index (χ2v) is 10.5. The van der Waals surface area contributed by atoms with Gasteiger partial charge in [-0.25, -0.2) is 13.5 Å². The quantitative estimate of drug-likeness (QED) is 0.415. The van der Waals surface area contributed by atoms with Crippen LogP contribution in [0.5, 0.6) is 0 Å². The first-order valence-corrected chi connectivity index (χ1v) is 14.0. The molecule has 2 aromatic rings. The van der Waals surface area contributed by atoms with E-state index in [1.54, 1.807) is 23.1 Å². The number of aromatic nitrogens is 2. The minimum Gasteiger partial charge on any atom is -0.412 e. The van der Waals surface area contributed by atoms with Gasteiger partial charge in [0, 0.05) is 57.3 Å². The summed E-state index contributed by atoms with van der Waals surface area (Å²) in [6.45, 7) is 5.85. The monoisotopic (exact) mass is 545 g/mol. The lowest BCUT2D eigenvalue weighted by Gasteiger charge is -2.39. The van der Waals surface area contributed by atoms with E-state index in [2.05, 4.69) is 22.1 Å². The molecule has 8 nitrogen and oxygen atoms in total. The highest BCUT2D eigenvalue weighted by atomic mass is 32.2. The van der Waals surface area contributed by atoms with Crippen molar-refractivity contribution < 1.29 is 27.7 Å². The summed E-state index contributed by atoms with van der Waals surface area (Å²) in [7, 11) is -1.23. The minimum atomic E-state index is -4.36. The van der Waals surface area contributed by atoms with Crippen molar-refractivity contribution in [3.63, 3.8) is 0 Å². The summed E-state index contributed by atoms with van der Waals surface area (Å²) in [4.78, 5) is 19.5. The maximum atomic E-state index is 13.0. The summed E-state index contributed by atoms with van der Waals surface area (Å²) in [5, 5.41) is 2.98. The Morgan fingerprint density at radius 3 is 2.54 bits per heavy atom. The van der Waals surface area contributed by atoms with Crippen molar-refractivity contribution in [2.24, 2.45) is 0 Å². The number of benzene rings is 1. The zero-order valence-corrected chi connectivity index (χ0v) is 22.3. The Morgan fingerprint density at radius 2 is 1.89 bits per heavy atom. The van der Waals surface area contributed by atoms with Gasteiger partial charge in [-0.05, 0) is 30.7 Å². The van der Waals surface area contributed by atoms with Crippen LogP contribution < -0.4 is 5.32 Å². The topological polar surface area (TPSA) is 102 Å². The van der Waals surface area contributed by atoms with Gasteiger partial charge in [-0.1, -0.05) is 38.3 Å². The molecule has 1 saturated heterocycles. The average Bonchev–Trinajstić information content (AvgIpc) is 3.28. The predicted octanol–water partition coefficient (Wildman–Crippen LogP) is 2.64. The Hall–Kier alpha value is -2.28. The molecule has 3 rings (SSSR count). The number of nitrogens with one attached hydrogen (secondary N) is 1. The lowest BCUT2D eigenvalue weighted by atomic mass is 10.1. The molecule has 37 heavy (non-hydrogen) atoms. The molecule has 0 bridgehead atoms. The number of piperazine rings is 1. The molecule has 2 atom stereocenters. The summed E-state index contributed by atoms with van der Waals surface area (Å²) in [5.74, 6) is -0.141. The van der Waals surface area contributed by atoms with Gasteiger partial charge in [0.05, 0.1) is 22.9 Å². The fraction of sp³-hybridized carbons (Fsp3) is 0.600. The fourth-order valence-electron chi connectivity index (χ4n) is 4.44.